The molecule has 0 bridgehead atoms. The summed E-state index contributed by atoms with van der Waals surface area (Å²) in [6.45, 7) is 0. The van der Waals surface area contributed by atoms with E-state index in [4.69, 9.17) is 9.90 Å². The molecule has 0 aliphatic heterocycles. The van der Waals surface area contributed by atoms with Crippen molar-refractivity contribution in [2.75, 3.05) is 0 Å². The van der Waals surface area contributed by atoms with E-state index in [1.807, 2.05) is 91.0 Å². The fraction of sp³-hybridized carbons (Fsp3) is 0.171. The predicted octanol–water partition coefficient (Wildman–Crippen LogP) is 10.3. The molecule has 3 aromatic heterocycles. The molecule has 1 radical (unpaired) electrons. The SMILES string of the molecule is [2H]C([2H])(c1ccccc1)c1cccnc1-c1[c-]cccc1.[2H]C([2H])(c1ccnc(-c2[c-]cc3oc4ccccc4c3c2)c1)C1CCCC1.[Ir]. The van der Waals surface area contributed by atoms with Gasteiger partial charge in [-0.3, -0.25) is 0 Å². The van der Waals surface area contributed by atoms with Crippen molar-refractivity contribution in [1.29, 1.82) is 0 Å². The first-order valence-corrected chi connectivity index (χ1v) is 15.1. The molecule has 225 valence electrons. The molecule has 7 aromatic rings. The Hall–Kier alpha value is -4.37. The van der Waals surface area contributed by atoms with Gasteiger partial charge in [0.1, 0.15) is 5.58 Å². The molecular weight excluding hydrogens is 729 g/mol. The van der Waals surface area contributed by atoms with Crippen molar-refractivity contribution in [3.8, 4) is 22.5 Å². The molecule has 0 spiro atoms. The van der Waals surface area contributed by atoms with Crippen LogP contribution in [0.15, 0.2) is 132 Å². The van der Waals surface area contributed by atoms with Crippen molar-refractivity contribution in [2.24, 2.45) is 5.92 Å². The number of fused-ring (bicyclic) bond motifs is 3. The molecule has 3 nitrogen and oxygen atoms in total. The van der Waals surface area contributed by atoms with Gasteiger partial charge in [0.25, 0.3) is 0 Å². The van der Waals surface area contributed by atoms with Gasteiger partial charge in [-0.2, -0.15) is 0 Å². The van der Waals surface area contributed by atoms with Gasteiger partial charge in [-0.15, -0.1) is 59.7 Å². The molecule has 1 fully saturated rings. The minimum Gasteiger partial charge on any atom is -0.500 e. The van der Waals surface area contributed by atoms with E-state index in [9.17, 15) is 0 Å². The standard InChI is InChI=1S/C23H20NO.C18H14N.Ir/c1-2-6-16(5-1)13-17-11-12-24-21(14-17)18-9-10-23-20(15-18)19-7-3-4-8-22(19)25-23;1-3-8-15(9-4-1)14-17-12-7-13-19-18(17)16-10-5-2-6-11-16;/h3-4,7-8,10-12,14-16H,1-2,5-6,13H2;1-10,12-13H,14H2;/q2*-1;/i13D2;14D2;. The van der Waals surface area contributed by atoms with E-state index in [0.717, 1.165) is 64.4 Å². The summed E-state index contributed by atoms with van der Waals surface area (Å²) in [4.78, 5) is 8.86. The molecule has 1 saturated carbocycles. The van der Waals surface area contributed by atoms with Crippen LogP contribution in [0.3, 0.4) is 0 Å². The summed E-state index contributed by atoms with van der Waals surface area (Å²) in [7, 11) is 0. The number of rotatable bonds is 6. The van der Waals surface area contributed by atoms with Crippen molar-refractivity contribution in [3.05, 3.63) is 156 Å². The Morgan fingerprint density at radius 1 is 0.711 bits per heavy atom. The molecule has 3 heterocycles. The van der Waals surface area contributed by atoms with Crippen LogP contribution in [0.4, 0.5) is 0 Å². The van der Waals surface area contributed by atoms with Gasteiger partial charge in [0, 0.05) is 43.4 Å². The summed E-state index contributed by atoms with van der Waals surface area (Å²) in [5.74, 6) is 0.0945. The molecule has 4 heteroatoms. The smallest absolute Gasteiger partial charge is 0.120 e. The maximum atomic E-state index is 8.65. The summed E-state index contributed by atoms with van der Waals surface area (Å²) < 4.78 is 40.2. The molecule has 1 aliphatic carbocycles. The average molecular weight is 767 g/mol. The second-order valence-electron chi connectivity index (χ2n) is 10.9. The second-order valence-corrected chi connectivity index (χ2v) is 10.9. The number of hydrogen-bond acceptors (Lipinski definition) is 3. The van der Waals surface area contributed by atoms with E-state index < -0.39 is 12.7 Å². The van der Waals surface area contributed by atoms with Crippen molar-refractivity contribution >= 4 is 21.9 Å². The number of hydrogen-bond donors (Lipinski definition) is 0. The zero-order valence-corrected chi connectivity index (χ0v) is 27.1. The van der Waals surface area contributed by atoms with Crippen LogP contribution in [-0.2, 0) is 32.9 Å². The molecule has 45 heavy (non-hydrogen) atoms. The molecule has 0 saturated heterocycles. The number of pyridine rings is 2. The zero-order valence-electron chi connectivity index (χ0n) is 28.7. The molecule has 4 aromatic carbocycles. The third-order valence-electron chi connectivity index (χ3n) is 7.90. The topological polar surface area (TPSA) is 38.9 Å². The summed E-state index contributed by atoms with van der Waals surface area (Å²) in [5.41, 5.74) is 6.59. The number of nitrogens with zero attached hydrogens (tertiary/aromatic N) is 2. The van der Waals surface area contributed by atoms with E-state index in [-0.39, 0.29) is 26.0 Å². The Balaban J connectivity index is 0.000000172. The Bertz CT molecular complexity index is 2160. The van der Waals surface area contributed by atoms with E-state index in [1.165, 1.54) is 0 Å². The van der Waals surface area contributed by atoms with Crippen LogP contribution < -0.4 is 0 Å². The predicted molar refractivity (Wildman–Crippen MR) is 179 cm³/mol. The molecule has 0 N–H and O–H groups in total. The van der Waals surface area contributed by atoms with Gasteiger partial charge >= 0.3 is 0 Å². The molecule has 1 aliphatic rings. The van der Waals surface area contributed by atoms with Gasteiger partial charge in [-0.1, -0.05) is 103 Å². The summed E-state index contributed by atoms with van der Waals surface area (Å²) in [6, 6.07) is 42.2. The number of furan rings is 1. The number of benzene rings is 4. The van der Waals surface area contributed by atoms with Gasteiger partial charge in [0.05, 0.1) is 5.58 Å². The Labute approximate surface area is 284 Å². The monoisotopic (exact) mass is 767 g/mol. The zero-order chi connectivity index (χ0) is 33.1. The van der Waals surface area contributed by atoms with Crippen LogP contribution in [0, 0.1) is 18.1 Å². The van der Waals surface area contributed by atoms with Crippen LogP contribution in [0.25, 0.3) is 44.5 Å². The molecule has 8 rings (SSSR count). The quantitative estimate of drug-likeness (QED) is 0.158. The van der Waals surface area contributed by atoms with Crippen LogP contribution in [-0.4, -0.2) is 9.97 Å². The Morgan fingerprint density at radius 2 is 1.53 bits per heavy atom. The minimum atomic E-state index is -1.60. The average Bonchev–Trinajstić information content (AvgIpc) is 3.82. The van der Waals surface area contributed by atoms with Crippen LogP contribution in [0.1, 0.15) is 47.9 Å². The van der Waals surface area contributed by atoms with Gasteiger partial charge < -0.3 is 14.4 Å². The normalized spacial score (nSPS) is 14.8. The molecule has 0 atom stereocenters. The third kappa shape index (κ3) is 7.31. The molecule has 0 unspecified atom stereocenters. The Morgan fingerprint density at radius 3 is 2.38 bits per heavy atom. The van der Waals surface area contributed by atoms with Gasteiger partial charge in [-0.05, 0) is 53.8 Å². The van der Waals surface area contributed by atoms with Crippen molar-refractivity contribution in [1.82, 2.24) is 9.97 Å². The third-order valence-corrected chi connectivity index (χ3v) is 7.90. The van der Waals surface area contributed by atoms with Crippen LogP contribution in [0.2, 0.25) is 0 Å². The first-order valence-electron chi connectivity index (χ1n) is 17.1. The van der Waals surface area contributed by atoms with E-state index in [2.05, 4.69) is 22.1 Å². The van der Waals surface area contributed by atoms with Gasteiger partial charge in [0.2, 0.25) is 0 Å². The fourth-order valence-corrected chi connectivity index (χ4v) is 5.73. The summed E-state index contributed by atoms with van der Waals surface area (Å²) in [6.07, 6.45) is 4.65. The molecule has 0 amide bonds. The largest absolute Gasteiger partial charge is 0.500 e. The van der Waals surface area contributed by atoms with E-state index in [0.29, 0.717) is 22.4 Å². The fourth-order valence-electron chi connectivity index (χ4n) is 5.73. The first-order chi connectivity index (χ1) is 23.3. The van der Waals surface area contributed by atoms with Gasteiger partial charge in [-0.25, -0.2) is 0 Å². The molecular formula is C41H34IrN2O-2. The second kappa shape index (κ2) is 14.6. The van der Waals surface area contributed by atoms with E-state index in [1.54, 1.807) is 36.7 Å². The van der Waals surface area contributed by atoms with Gasteiger partial charge in [0.15, 0.2) is 0 Å². The Kier molecular flexibility index (Phi) is 8.41. The van der Waals surface area contributed by atoms with Crippen LogP contribution in [0.5, 0.6) is 0 Å². The first kappa shape index (κ1) is 25.9. The summed E-state index contributed by atoms with van der Waals surface area (Å²) in [5, 5.41) is 2.10. The van der Waals surface area contributed by atoms with Crippen LogP contribution >= 0.6 is 0 Å². The maximum absolute atomic E-state index is 8.65. The number of para-hydroxylation sites is 1. The summed E-state index contributed by atoms with van der Waals surface area (Å²) >= 11 is 0. The maximum Gasteiger partial charge on any atom is 0.120 e. The van der Waals surface area contributed by atoms with Crippen molar-refractivity contribution in [3.63, 3.8) is 0 Å². The van der Waals surface area contributed by atoms with Crippen molar-refractivity contribution in [2.45, 2.75) is 38.4 Å². The minimum absolute atomic E-state index is 0. The van der Waals surface area contributed by atoms with Crippen molar-refractivity contribution < 1.29 is 30.0 Å². The van der Waals surface area contributed by atoms with E-state index >= 15 is 0 Å². The number of aromatic nitrogens is 2.